The first-order valence-corrected chi connectivity index (χ1v) is 13.7. The highest BCUT2D eigenvalue weighted by Crippen LogP contribution is 2.23. The molecule has 2 heterocycles. The number of carbonyl (C=O) groups excluding carboxylic acids is 5. The van der Waals surface area contributed by atoms with E-state index in [1.807, 2.05) is 0 Å². The number of benzene rings is 1. The normalized spacial score (nSPS) is 21.9. The fourth-order valence-electron chi connectivity index (χ4n) is 5.42. The summed E-state index contributed by atoms with van der Waals surface area (Å²) in [5.74, 6) is -3.01. The second-order valence-corrected chi connectivity index (χ2v) is 10.9. The van der Waals surface area contributed by atoms with E-state index in [1.165, 1.54) is 42.7 Å². The van der Waals surface area contributed by atoms with E-state index in [0.29, 0.717) is 49.9 Å². The summed E-state index contributed by atoms with van der Waals surface area (Å²) in [6.07, 6.45) is 0.938. The van der Waals surface area contributed by atoms with Crippen LogP contribution in [0.2, 0.25) is 0 Å². The van der Waals surface area contributed by atoms with Gasteiger partial charge in [0.05, 0.1) is 18.1 Å². The number of halogens is 1. The predicted octanol–water partition coefficient (Wildman–Crippen LogP) is 0.339. The molecule has 40 heavy (non-hydrogen) atoms. The number of nitrogens with one attached hydrogen (secondary N) is 1. The third-order valence-electron chi connectivity index (χ3n) is 7.43. The minimum Gasteiger partial charge on any atom is -0.458 e. The largest absolute Gasteiger partial charge is 0.458 e. The fourth-order valence-corrected chi connectivity index (χ4v) is 5.42. The molecule has 2 fully saturated rings. The van der Waals surface area contributed by atoms with E-state index in [4.69, 9.17) is 16.2 Å². The summed E-state index contributed by atoms with van der Waals surface area (Å²) in [6.45, 7) is 6.78. The molecule has 5 N–H and O–H groups in total. The predicted molar refractivity (Wildman–Crippen MR) is 144 cm³/mol. The van der Waals surface area contributed by atoms with Crippen LogP contribution >= 0.6 is 0 Å². The van der Waals surface area contributed by atoms with Crippen molar-refractivity contribution in [2.45, 2.75) is 96.1 Å². The molecule has 0 aromatic heterocycles. The molecule has 11 nitrogen and oxygen atoms in total. The van der Waals surface area contributed by atoms with Gasteiger partial charge in [-0.3, -0.25) is 19.2 Å². The summed E-state index contributed by atoms with van der Waals surface area (Å²) in [4.78, 5) is 67.4. The zero-order valence-electron chi connectivity index (χ0n) is 23.5. The minimum atomic E-state index is -1.34. The second kappa shape index (κ2) is 13.3. The van der Waals surface area contributed by atoms with Crippen LogP contribution in [0, 0.1) is 12.7 Å². The Morgan fingerprint density at radius 2 is 1.60 bits per heavy atom. The molecule has 0 aliphatic carbocycles. The van der Waals surface area contributed by atoms with Crippen LogP contribution in [0.5, 0.6) is 0 Å². The smallest absolute Gasteiger partial charge is 0.329 e. The molecule has 1 aromatic carbocycles. The Bertz CT molecular complexity index is 1120. The first kappa shape index (κ1) is 31.2. The van der Waals surface area contributed by atoms with Crippen molar-refractivity contribution in [2.24, 2.45) is 11.5 Å². The summed E-state index contributed by atoms with van der Waals surface area (Å²) in [6, 6.07) is -0.412. The number of ether oxygens (including phenoxy) is 1. The lowest BCUT2D eigenvalue weighted by Gasteiger charge is -2.32. The van der Waals surface area contributed by atoms with Crippen molar-refractivity contribution in [1.82, 2.24) is 15.1 Å². The first-order chi connectivity index (χ1) is 18.8. The van der Waals surface area contributed by atoms with E-state index in [0.717, 1.165) is 0 Å². The van der Waals surface area contributed by atoms with Crippen LogP contribution < -0.4 is 16.8 Å². The molecule has 2 aliphatic rings. The number of Topliss-reactive ketones (excluding diaryl/α,β-unsaturated/α-hetero) is 1. The SMILES string of the molecule is CC(=O)[C@@H]1CCCN1C(=O)[C@@H](NC(=O)[C@@H](N)Cc1cc(C)cc(F)c1)[C@H](C)OC(=O)C1CCCN1C(=O)[C@H](C)N. The van der Waals surface area contributed by atoms with Gasteiger partial charge in [-0.15, -0.1) is 0 Å². The van der Waals surface area contributed by atoms with Gasteiger partial charge < -0.3 is 31.3 Å². The van der Waals surface area contributed by atoms with Crippen molar-refractivity contribution < 1.29 is 33.1 Å². The van der Waals surface area contributed by atoms with Crippen molar-refractivity contribution >= 4 is 29.5 Å². The monoisotopic (exact) mass is 561 g/mol. The molecular formula is C28H40FN5O6. The highest BCUT2D eigenvalue weighted by Gasteiger charge is 2.42. The van der Waals surface area contributed by atoms with Gasteiger partial charge in [0.25, 0.3) is 0 Å². The average Bonchev–Trinajstić information content (AvgIpc) is 3.55. The molecule has 6 atom stereocenters. The number of esters is 1. The number of amides is 3. The van der Waals surface area contributed by atoms with Gasteiger partial charge in [-0.2, -0.15) is 0 Å². The van der Waals surface area contributed by atoms with Gasteiger partial charge in [0.15, 0.2) is 5.78 Å². The van der Waals surface area contributed by atoms with E-state index >= 15 is 0 Å². The fraction of sp³-hybridized carbons (Fsp3) is 0.607. The highest BCUT2D eigenvalue weighted by molar-refractivity contribution is 5.94. The number of aryl methyl sites for hydroxylation is 1. The van der Waals surface area contributed by atoms with Gasteiger partial charge in [-0.05, 0) is 83.1 Å². The number of rotatable bonds is 10. The van der Waals surface area contributed by atoms with Gasteiger partial charge in [-0.1, -0.05) is 6.07 Å². The maximum Gasteiger partial charge on any atom is 0.329 e. The topological polar surface area (TPSA) is 165 Å². The van der Waals surface area contributed by atoms with E-state index < -0.39 is 59.9 Å². The Morgan fingerprint density at radius 3 is 2.17 bits per heavy atom. The quantitative estimate of drug-likeness (QED) is 0.344. The molecule has 0 bridgehead atoms. The third kappa shape index (κ3) is 7.42. The summed E-state index contributed by atoms with van der Waals surface area (Å²) in [5, 5.41) is 2.61. The summed E-state index contributed by atoms with van der Waals surface area (Å²) >= 11 is 0. The maximum absolute atomic E-state index is 13.8. The second-order valence-electron chi connectivity index (χ2n) is 10.9. The van der Waals surface area contributed by atoms with Crippen LogP contribution in [-0.4, -0.2) is 88.7 Å². The van der Waals surface area contributed by atoms with Gasteiger partial charge in [0, 0.05) is 13.1 Å². The van der Waals surface area contributed by atoms with Gasteiger partial charge in [-0.25, -0.2) is 9.18 Å². The van der Waals surface area contributed by atoms with Crippen molar-refractivity contribution in [3.63, 3.8) is 0 Å². The van der Waals surface area contributed by atoms with Crippen molar-refractivity contribution in [3.8, 4) is 0 Å². The van der Waals surface area contributed by atoms with Crippen LogP contribution in [0.4, 0.5) is 4.39 Å². The van der Waals surface area contributed by atoms with E-state index in [9.17, 15) is 28.4 Å². The van der Waals surface area contributed by atoms with Crippen LogP contribution in [0.25, 0.3) is 0 Å². The number of likely N-dealkylation sites (tertiary alicyclic amines) is 2. The molecule has 12 heteroatoms. The molecule has 0 radical (unpaired) electrons. The molecule has 2 saturated heterocycles. The van der Waals surface area contributed by atoms with Gasteiger partial charge in [0.1, 0.15) is 24.0 Å². The molecule has 1 unspecified atom stereocenters. The number of ketones is 1. The lowest BCUT2D eigenvalue weighted by molar-refractivity contribution is -0.161. The number of nitrogens with zero attached hydrogens (tertiary/aromatic N) is 2. The molecule has 2 aliphatic heterocycles. The average molecular weight is 562 g/mol. The van der Waals surface area contributed by atoms with Gasteiger partial charge in [0.2, 0.25) is 17.7 Å². The molecule has 220 valence electrons. The van der Waals surface area contributed by atoms with Crippen LogP contribution in [0.3, 0.4) is 0 Å². The molecular weight excluding hydrogens is 521 g/mol. The van der Waals surface area contributed by atoms with Gasteiger partial charge >= 0.3 is 5.97 Å². The molecule has 0 saturated carbocycles. The van der Waals surface area contributed by atoms with E-state index in [2.05, 4.69) is 5.32 Å². The number of nitrogens with two attached hydrogens (primary N) is 2. The summed E-state index contributed by atoms with van der Waals surface area (Å²) in [7, 11) is 0. The lowest BCUT2D eigenvalue weighted by Crippen LogP contribution is -2.59. The van der Waals surface area contributed by atoms with E-state index in [1.54, 1.807) is 13.0 Å². The molecule has 3 rings (SSSR count). The first-order valence-electron chi connectivity index (χ1n) is 13.7. The molecule has 3 amide bonds. The number of carbonyl (C=O) groups is 5. The van der Waals surface area contributed by atoms with Crippen LogP contribution in [0.15, 0.2) is 18.2 Å². The number of hydrogen-bond acceptors (Lipinski definition) is 8. The standard InChI is InChI=1S/C28H40FN5O6/c1-15-11-19(13-20(29)12-15)14-21(31)25(36)32-24(27(38)33-9-5-7-22(33)17(3)35)18(4)40-28(39)23-8-6-10-34(23)26(37)16(2)30/h11-13,16,18,21-24H,5-10,14,30-31H2,1-4H3,(H,32,36)/t16-,18-,21-,22-,23?,24-/m0/s1. The van der Waals surface area contributed by atoms with E-state index in [-0.39, 0.29) is 18.1 Å². The lowest BCUT2D eigenvalue weighted by atomic mass is 10.0. The molecule has 0 spiro atoms. The maximum atomic E-state index is 13.8. The minimum absolute atomic E-state index is 0.00964. The zero-order chi connectivity index (χ0) is 29.7. The van der Waals surface area contributed by atoms with Crippen LogP contribution in [-0.2, 0) is 35.1 Å². The third-order valence-corrected chi connectivity index (χ3v) is 7.43. The van der Waals surface area contributed by atoms with Crippen LogP contribution in [0.1, 0.15) is 57.6 Å². The molecule has 1 aromatic rings. The van der Waals surface area contributed by atoms with Crippen molar-refractivity contribution in [2.75, 3.05) is 13.1 Å². The Hall–Kier alpha value is -3.38. The Kier molecular flexibility index (Phi) is 10.4. The summed E-state index contributed by atoms with van der Waals surface area (Å²) < 4.78 is 19.5. The Labute approximate surface area is 233 Å². The van der Waals surface area contributed by atoms with Crippen molar-refractivity contribution in [3.05, 3.63) is 35.1 Å². The zero-order valence-corrected chi connectivity index (χ0v) is 23.5. The highest BCUT2D eigenvalue weighted by atomic mass is 19.1. The Morgan fingerprint density at radius 1 is 1.00 bits per heavy atom. The summed E-state index contributed by atoms with van der Waals surface area (Å²) in [5.41, 5.74) is 13.0. The number of hydrogen-bond donors (Lipinski definition) is 3. The van der Waals surface area contributed by atoms with Crippen molar-refractivity contribution in [1.29, 1.82) is 0 Å². The Balaban J connectivity index is 1.79.